The molecule has 1 fully saturated rings. The van der Waals surface area contributed by atoms with E-state index in [1.807, 2.05) is 13.8 Å². The van der Waals surface area contributed by atoms with Crippen LogP contribution in [0.15, 0.2) is 60.7 Å². The van der Waals surface area contributed by atoms with Gasteiger partial charge in [-0.25, -0.2) is 4.79 Å². The number of hydrogen-bond donors (Lipinski definition) is 3. The molecule has 222 valence electrons. The fourth-order valence-electron chi connectivity index (χ4n) is 4.70. The Balaban J connectivity index is 1.46. The van der Waals surface area contributed by atoms with E-state index >= 15 is 0 Å². The van der Waals surface area contributed by atoms with E-state index in [0.717, 1.165) is 13.0 Å². The molecule has 4 rings (SSSR count). The number of phenolic OH excluding ortho intramolecular Hbond substituents is 1. The Bertz CT molecular complexity index is 1380. The number of aromatic hydroxyl groups is 1. The van der Waals surface area contributed by atoms with Gasteiger partial charge in [-0.15, -0.1) is 0 Å². The molecule has 3 aromatic carbocycles. The topological polar surface area (TPSA) is 132 Å². The van der Waals surface area contributed by atoms with Gasteiger partial charge in [0, 0.05) is 23.7 Å². The van der Waals surface area contributed by atoms with Gasteiger partial charge in [0.1, 0.15) is 29.1 Å². The molecule has 1 aliphatic rings. The largest absolute Gasteiger partial charge is 0.507 e. The SMILES string of the molecule is CCOc1cc(OCC)cc(C(=O)N[C@@H]2CNCCC[C@H]2OC(=O)c2ccc(C(=O)c3cc(OC)ccc3O)cc2)c1. The smallest absolute Gasteiger partial charge is 0.338 e. The Morgan fingerprint density at radius 1 is 0.881 bits per heavy atom. The normalized spacial score (nSPS) is 16.5. The highest BCUT2D eigenvalue weighted by atomic mass is 16.5. The minimum Gasteiger partial charge on any atom is -0.507 e. The molecule has 2 atom stereocenters. The molecular weight excluding hydrogens is 540 g/mol. The molecule has 1 amide bonds. The average molecular weight is 577 g/mol. The number of ketones is 1. The number of hydrogen-bond acceptors (Lipinski definition) is 9. The number of carbonyl (C=O) groups is 3. The van der Waals surface area contributed by atoms with Crippen LogP contribution in [0.1, 0.15) is 63.3 Å². The molecule has 0 unspecified atom stereocenters. The summed E-state index contributed by atoms with van der Waals surface area (Å²) < 4.78 is 22.2. The number of carbonyl (C=O) groups excluding carboxylic acids is 3. The van der Waals surface area contributed by atoms with Gasteiger partial charge < -0.3 is 34.7 Å². The number of nitrogens with one attached hydrogen (secondary N) is 2. The van der Waals surface area contributed by atoms with Gasteiger partial charge >= 0.3 is 5.97 Å². The summed E-state index contributed by atoms with van der Waals surface area (Å²) >= 11 is 0. The van der Waals surface area contributed by atoms with Crippen LogP contribution in [-0.4, -0.2) is 68.3 Å². The van der Waals surface area contributed by atoms with Gasteiger partial charge in [0.25, 0.3) is 5.91 Å². The second kappa shape index (κ2) is 14.4. The van der Waals surface area contributed by atoms with Gasteiger partial charge in [-0.2, -0.15) is 0 Å². The molecule has 0 aromatic heterocycles. The van der Waals surface area contributed by atoms with Crippen molar-refractivity contribution in [3.05, 3.63) is 82.9 Å². The van der Waals surface area contributed by atoms with Crippen molar-refractivity contribution in [3.8, 4) is 23.0 Å². The highest BCUT2D eigenvalue weighted by Crippen LogP contribution is 2.26. The van der Waals surface area contributed by atoms with Crippen LogP contribution >= 0.6 is 0 Å². The maximum absolute atomic E-state index is 13.3. The molecule has 10 nitrogen and oxygen atoms in total. The summed E-state index contributed by atoms with van der Waals surface area (Å²) in [5.74, 6) is 0.00557. The Morgan fingerprint density at radius 2 is 1.55 bits per heavy atom. The molecular formula is C32H36N2O8. The van der Waals surface area contributed by atoms with Gasteiger partial charge in [0.15, 0.2) is 5.78 Å². The molecule has 1 saturated heterocycles. The zero-order valence-electron chi connectivity index (χ0n) is 24.0. The van der Waals surface area contributed by atoms with Crippen molar-refractivity contribution in [2.45, 2.75) is 38.8 Å². The van der Waals surface area contributed by atoms with E-state index < -0.39 is 23.9 Å². The van der Waals surface area contributed by atoms with Crippen LogP contribution in [0.25, 0.3) is 0 Å². The second-order valence-electron chi connectivity index (χ2n) is 9.72. The van der Waals surface area contributed by atoms with Crippen molar-refractivity contribution >= 4 is 17.7 Å². The van der Waals surface area contributed by atoms with Crippen LogP contribution in [-0.2, 0) is 4.74 Å². The fourth-order valence-corrected chi connectivity index (χ4v) is 4.70. The number of amides is 1. The van der Waals surface area contributed by atoms with E-state index in [9.17, 15) is 19.5 Å². The van der Waals surface area contributed by atoms with Crippen LogP contribution in [0.5, 0.6) is 23.0 Å². The quantitative estimate of drug-likeness (QED) is 0.228. The van der Waals surface area contributed by atoms with Gasteiger partial charge in [-0.1, -0.05) is 12.1 Å². The summed E-state index contributed by atoms with van der Waals surface area (Å²) in [6.45, 7) is 5.76. The van der Waals surface area contributed by atoms with Crippen molar-refractivity contribution in [2.24, 2.45) is 0 Å². The zero-order chi connectivity index (χ0) is 30.1. The summed E-state index contributed by atoms with van der Waals surface area (Å²) in [5, 5.41) is 16.4. The second-order valence-corrected chi connectivity index (χ2v) is 9.72. The zero-order valence-corrected chi connectivity index (χ0v) is 24.0. The predicted molar refractivity (Wildman–Crippen MR) is 156 cm³/mol. The Hall–Kier alpha value is -4.57. The van der Waals surface area contributed by atoms with Gasteiger partial charge in [-0.05, 0) is 75.7 Å². The minimum atomic E-state index is -0.576. The first-order valence-electron chi connectivity index (χ1n) is 14.0. The monoisotopic (exact) mass is 576 g/mol. The van der Waals surface area contributed by atoms with E-state index in [-0.39, 0.29) is 22.8 Å². The molecule has 42 heavy (non-hydrogen) atoms. The molecule has 1 heterocycles. The van der Waals surface area contributed by atoms with Gasteiger partial charge in [0.2, 0.25) is 0 Å². The third kappa shape index (κ3) is 7.58. The first-order valence-corrected chi connectivity index (χ1v) is 14.0. The summed E-state index contributed by atoms with van der Waals surface area (Å²) in [6.07, 6.45) is 0.738. The lowest BCUT2D eigenvalue weighted by molar-refractivity contribution is 0.0192. The van der Waals surface area contributed by atoms with Crippen molar-refractivity contribution in [1.82, 2.24) is 10.6 Å². The highest BCUT2D eigenvalue weighted by Gasteiger charge is 2.29. The van der Waals surface area contributed by atoms with E-state index in [2.05, 4.69) is 10.6 Å². The first kappa shape index (κ1) is 30.4. The summed E-state index contributed by atoms with van der Waals surface area (Å²) in [5.41, 5.74) is 1.02. The molecule has 10 heteroatoms. The predicted octanol–water partition coefficient (Wildman–Crippen LogP) is 4.14. The lowest BCUT2D eigenvalue weighted by atomic mass is 10.0. The Morgan fingerprint density at radius 3 is 2.19 bits per heavy atom. The average Bonchev–Trinajstić information content (AvgIpc) is 3.22. The molecule has 0 spiro atoms. The molecule has 0 aliphatic carbocycles. The Labute approximate surface area is 244 Å². The molecule has 0 saturated carbocycles. The van der Waals surface area contributed by atoms with Crippen molar-refractivity contribution in [2.75, 3.05) is 33.4 Å². The summed E-state index contributed by atoms with van der Waals surface area (Å²) in [4.78, 5) is 39.3. The summed E-state index contributed by atoms with van der Waals surface area (Å²) in [7, 11) is 1.47. The third-order valence-electron chi connectivity index (χ3n) is 6.83. The standard InChI is InChI=1S/C32H36N2O8/c1-4-40-24-15-22(16-25(17-24)41-5-2)31(37)34-27-19-33-14-6-7-29(27)42-32(38)21-10-8-20(9-11-21)30(36)26-18-23(39-3)12-13-28(26)35/h8-13,15-18,27,29,33,35H,4-7,14,19H2,1-3H3,(H,34,37)/t27-,29-/m1/s1. The van der Waals surface area contributed by atoms with E-state index in [1.165, 1.54) is 43.5 Å². The third-order valence-corrected chi connectivity index (χ3v) is 6.83. The highest BCUT2D eigenvalue weighted by molar-refractivity contribution is 6.11. The molecule has 0 radical (unpaired) electrons. The first-order chi connectivity index (χ1) is 20.3. The van der Waals surface area contributed by atoms with Gasteiger partial charge in [0.05, 0.1) is 37.5 Å². The van der Waals surface area contributed by atoms with Crippen LogP contribution in [0.3, 0.4) is 0 Å². The Kier molecular flexibility index (Phi) is 10.4. The number of ether oxygens (including phenoxy) is 4. The van der Waals surface area contributed by atoms with E-state index in [1.54, 1.807) is 24.3 Å². The fraction of sp³-hybridized carbons (Fsp3) is 0.344. The number of esters is 1. The lowest BCUT2D eigenvalue weighted by Gasteiger charge is -2.26. The van der Waals surface area contributed by atoms with E-state index in [4.69, 9.17) is 18.9 Å². The lowest BCUT2D eigenvalue weighted by Crippen LogP contribution is -2.49. The van der Waals surface area contributed by atoms with Gasteiger partial charge in [-0.3, -0.25) is 9.59 Å². The van der Waals surface area contributed by atoms with Crippen molar-refractivity contribution in [3.63, 3.8) is 0 Å². The summed E-state index contributed by atoms with van der Waals surface area (Å²) in [6, 6.07) is 15.0. The number of benzene rings is 3. The number of methoxy groups -OCH3 is 1. The molecule has 1 aliphatic heterocycles. The maximum Gasteiger partial charge on any atom is 0.338 e. The van der Waals surface area contributed by atoms with Crippen LogP contribution in [0.4, 0.5) is 0 Å². The van der Waals surface area contributed by atoms with Crippen molar-refractivity contribution in [1.29, 1.82) is 0 Å². The van der Waals surface area contributed by atoms with Crippen LogP contribution in [0.2, 0.25) is 0 Å². The minimum absolute atomic E-state index is 0.0920. The van der Waals surface area contributed by atoms with E-state index in [0.29, 0.717) is 54.6 Å². The van der Waals surface area contributed by atoms with Crippen LogP contribution < -0.4 is 24.8 Å². The number of phenols is 1. The molecule has 3 N–H and O–H groups in total. The molecule has 0 bridgehead atoms. The van der Waals surface area contributed by atoms with Crippen molar-refractivity contribution < 1.29 is 38.4 Å². The maximum atomic E-state index is 13.3. The molecule has 3 aromatic rings. The van der Waals surface area contributed by atoms with Crippen LogP contribution in [0, 0.1) is 0 Å². The number of rotatable bonds is 11.